The van der Waals surface area contributed by atoms with Crippen LogP contribution in [-0.4, -0.2) is 29.2 Å². The van der Waals surface area contributed by atoms with Crippen LogP contribution in [0.15, 0.2) is 12.1 Å². The lowest BCUT2D eigenvalue weighted by Gasteiger charge is -2.31. The molecule has 1 N–H and O–H groups in total. The first-order valence-electron chi connectivity index (χ1n) is 6.55. The molecule has 1 aliphatic carbocycles. The lowest BCUT2D eigenvalue weighted by Crippen LogP contribution is -2.37. The van der Waals surface area contributed by atoms with Crippen LogP contribution in [0.3, 0.4) is 0 Å². The van der Waals surface area contributed by atoms with Gasteiger partial charge in [0.25, 0.3) is 5.69 Å². The van der Waals surface area contributed by atoms with Gasteiger partial charge in [-0.1, -0.05) is 12.8 Å². The highest BCUT2D eigenvalue weighted by Crippen LogP contribution is 2.33. The molecule has 0 saturated heterocycles. The van der Waals surface area contributed by atoms with Crippen molar-refractivity contribution in [1.29, 1.82) is 0 Å². The third-order valence-electron chi connectivity index (χ3n) is 3.61. The van der Waals surface area contributed by atoms with Crippen molar-refractivity contribution in [3.05, 3.63) is 33.9 Å². The van der Waals surface area contributed by atoms with E-state index in [2.05, 4.69) is 0 Å². The first kappa shape index (κ1) is 14.6. The third kappa shape index (κ3) is 2.87. The van der Waals surface area contributed by atoms with Gasteiger partial charge in [0.1, 0.15) is 5.69 Å². The Bertz CT molecular complexity index is 481. The molecular weight excluding hydrogens is 270 g/mol. The first-order valence-corrected chi connectivity index (χ1v) is 6.55. The highest BCUT2D eigenvalue weighted by atomic mass is 19.1. The molecule has 0 bridgehead atoms. The molecule has 0 atom stereocenters. The van der Waals surface area contributed by atoms with E-state index in [1.807, 2.05) is 0 Å². The Morgan fingerprint density at radius 3 is 2.30 bits per heavy atom. The Kier molecular flexibility index (Phi) is 4.49. The number of nitro groups is 1. The van der Waals surface area contributed by atoms with Crippen LogP contribution in [0.5, 0.6) is 0 Å². The summed E-state index contributed by atoms with van der Waals surface area (Å²) in [5.41, 5.74) is -0.893. The van der Waals surface area contributed by atoms with Crippen molar-refractivity contribution in [1.82, 2.24) is 0 Å². The molecule has 1 saturated carbocycles. The lowest BCUT2D eigenvalue weighted by atomic mass is 10.1. The number of nitrogens with zero attached hydrogens (tertiary/aromatic N) is 2. The fraction of sp³-hybridized carbons (Fsp3) is 0.538. The second kappa shape index (κ2) is 6.13. The summed E-state index contributed by atoms with van der Waals surface area (Å²) in [5, 5.41) is 19.7. The average Bonchev–Trinajstić information content (AvgIpc) is 2.90. The zero-order valence-corrected chi connectivity index (χ0v) is 10.9. The van der Waals surface area contributed by atoms with Gasteiger partial charge < -0.3 is 10.0 Å². The summed E-state index contributed by atoms with van der Waals surface area (Å²) < 4.78 is 28.1. The molecule has 0 unspecified atom stereocenters. The molecule has 0 radical (unpaired) electrons. The SMILES string of the molecule is O=[N+]([O-])c1cc(F)c(N(CCO)C2CCCC2)c(F)c1. The number of hydrogen-bond donors (Lipinski definition) is 1. The van der Waals surface area contributed by atoms with Gasteiger partial charge in [-0.05, 0) is 12.8 Å². The number of hydrogen-bond acceptors (Lipinski definition) is 4. The molecule has 0 spiro atoms. The number of halogens is 2. The predicted molar refractivity (Wildman–Crippen MR) is 69.7 cm³/mol. The highest BCUT2D eigenvalue weighted by molar-refractivity contribution is 5.54. The van der Waals surface area contributed by atoms with Gasteiger partial charge in [0.05, 0.1) is 23.7 Å². The quantitative estimate of drug-likeness (QED) is 0.667. The third-order valence-corrected chi connectivity index (χ3v) is 3.61. The minimum atomic E-state index is -0.961. The average molecular weight is 286 g/mol. The second-order valence-corrected chi connectivity index (χ2v) is 4.87. The van der Waals surface area contributed by atoms with E-state index in [-0.39, 0.29) is 24.9 Å². The number of rotatable bonds is 5. The molecule has 1 aromatic rings. The fourth-order valence-electron chi connectivity index (χ4n) is 2.73. The number of nitro benzene ring substituents is 1. The number of anilines is 1. The molecular formula is C13H16F2N2O3. The van der Waals surface area contributed by atoms with E-state index < -0.39 is 22.2 Å². The monoisotopic (exact) mass is 286 g/mol. The first-order chi connectivity index (χ1) is 9.54. The number of non-ortho nitro benzene ring substituents is 1. The van der Waals surface area contributed by atoms with E-state index in [0.29, 0.717) is 0 Å². The standard InChI is InChI=1S/C13H16F2N2O3/c14-11-7-10(17(19)20)8-12(15)13(11)16(5-6-18)9-3-1-2-4-9/h7-9,18H,1-6H2. The smallest absolute Gasteiger partial charge is 0.275 e. The van der Waals surface area contributed by atoms with Crippen molar-refractivity contribution in [2.24, 2.45) is 0 Å². The van der Waals surface area contributed by atoms with Gasteiger partial charge >= 0.3 is 0 Å². The van der Waals surface area contributed by atoms with Crippen LogP contribution in [0.2, 0.25) is 0 Å². The molecule has 1 aromatic carbocycles. The largest absolute Gasteiger partial charge is 0.395 e. The molecule has 5 nitrogen and oxygen atoms in total. The Labute approximate surface area is 115 Å². The Hall–Kier alpha value is -1.76. The van der Waals surface area contributed by atoms with Crippen molar-refractivity contribution in [3.8, 4) is 0 Å². The summed E-state index contributed by atoms with van der Waals surface area (Å²) in [5.74, 6) is -1.92. The van der Waals surface area contributed by atoms with Crippen LogP contribution < -0.4 is 4.90 Å². The normalized spacial score (nSPS) is 15.6. The topological polar surface area (TPSA) is 66.6 Å². The van der Waals surface area contributed by atoms with Gasteiger partial charge in [-0.2, -0.15) is 0 Å². The molecule has 1 aliphatic rings. The van der Waals surface area contributed by atoms with E-state index in [4.69, 9.17) is 5.11 Å². The number of aliphatic hydroxyl groups is 1. The van der Waals surface area contributed by atoms with Crippen molar-refractivity contribution in [2.45, 2.75) is 31.7 Å². The summed E-state index contributed by atoms with van der Waals surface area (Å²) in [6, 6.07) is 1.41. The number of benzene rings is 1. The van der Waals surface area contributed by atoms with E-state index in [9.17, 15) is 18.9 Å². The molecule has 0 aliphatic heterocycles. The van der Waals surface area contributed by atoms with E-state index in [0.717, 1.165) is 37.8 Å². The van der Waals surface area contributed by atoms with Crippen LogP contribution in [0.25, 0.3) is 0 Å². The Balaban J connectivity index is 2.39. The van der Waals surface area contributed by atoms with Gasteiger partial charge in [0, 0.05) is 12.6 Å². The van der Waals surface area contributed by atoms with Crippen LogP contribution in [-0.2, 0) is 0 Å². The summed E-state index contributed by atoms with van der Waals surface area (Å²) >= 11 is 0. The van der Waals surface area contributed by atoms with Crippen LogP contribution in [0.4, 0.5) is 20.2 Å². The maximum atomic E-state index is 14.0. The molecule has 0 amide bonds. The van der Waals surface area contributed by atoms with E-state index >= 15 is 0 Å². The lowest BCUT2D eigenvalue weighted by molar-refractivity contribution is -0.385. The summed E-state index contributed by atoms with van der Waals surface area (Å²) in [7, 11) is 0. The van der Waals surface area contributed by atoms with Gasteiger partial charge in [-0.3, -0.25) is 10.1 Å². The maximum Gasteiger partial charge on any atom is 0.275 e. The van der Waals surface area contributed by atoms with Crippen LogP contribution in [0.1, 0.15) is 25.7 Å². The molecule has 0 aromatic heterocycles. The predicted octanol–water partition coefficient (Wildman–Crippen LogP) is 2.61. The molecule has 2 rings (SSSR count). The van der Waals surface area contributed by atoms with Crippen molar-refractivity contribution < 1.29 is 18.8 Å². The maximum absolute atomic E-state index is 14.0. The minimum absolute atomic E-state index is 0.0346. The Morgan fingerprint density at radius 1 is 1.30 bits per heavy atom. The minimum Gasteiger partial charge on any atom is -0.395 e. The molecule has 7 heteroatoms. The fourth-order valence-corrected chi connectivity index (χ4v) is 2.73. The van der Waals surface area contributed by atoms with Gasteiger partial charge in [0.15, 0.2) is 11.6 Å². The van der Waals surface area contributed by atoms with Crippen molar-refractivity contribution >= 4 is 11.4 Å². The van der Waals surface area contributed by atoms with Crippen LogP contribution in [0, 0.1) is 21.7 Å². The van der Waals surface area contributed by atoms with E-state index in [1.54, 1.807) is 0 Å². The van der Waals surface area contributed by atoms with Crippen molar-refractivity contribution in [3.63, 3.8) is 0 Å². The van der Waals surface area contributed by atoms with Gasteiger partial charge in [-0.15, -0.1) is 0 Å². The highest BCUT2D eigenvalue weighted by Gasteiger charge is 2.28. The van der Waals surface area contributed by atoms with Gasteiger partial charge in [-0.25, -0.2) is 8.78 Å². The van der Waals surface area contributed by atoms with Crippen LogP contribution >= 0.6 is 0 Å². The summed E-state index contributed by atoms with van der Waals surface area (Å²) in [6.07, 6.45) is 3.55. The number of aliphatic hydroxyl groups excluding tert-OH is 1. The summed E-state index contributed by atoms with van der Waals surface area (Å²) in [4.78, 5) is 11.2. The zero-order chi connectivity index (χ0) is 14.7. The van der Waals surface area contributed by atoms with E-state index in [1.165, 1.54) is 4.90 Å². The Morgan fingerprint density at radius 2 is 1.85 bits per heavy atom. The van der Waals surface area contributed by atoms with Crippen molar-refractivity contribution in [2.75, 3.05) is 18.1 Å². The van der Waals surface area contributed by atoms with Gasteiger partial charge in [0.2, 0.25) is 0 Å². The second-order valence-electron chi connectivity index (χ2n) is 4.87. The molecule has 20 heavy (non-hydrogen) atoms. The summed E-state index contributed by atoms with van der Waals surface area (Å²) in [6.45, 7) is -0.122. The molecule has 110 valence electrons. The zero-order valence-electron chi connectivity index (χ0n) is 10.9. The molecule has 1 fully saturated rings. The molecule has 0 heterocycles.